The molecule has 1 aromatic heterocycles. The molecule has 96 valence electrons. The van der Waals surface area contributed by atoms with Crippen molar-refractivity contribution in [2.75, 3.05) is 0 Å². The lowest BCUT2D eigenvalue weighted by atomic mass is 10.1. The first-order valence-electron chi connectivity index (χ1n) is 5.71. The van der Waals surface area contributed by atoms with Gasteiger partial charge in [0.2, 0.25) is 0 Å². The van der Waals surface area contributed by atoms with Crippen LogP contribution in [0.3, 0.4) is 0 Å². The topological polar surface area (TPSA) is 56.7 Å². The van der Waals surface area contributed by atoms with Crippen LogP contribution in [-0.4, -0.2) is 14.8 Å². The number of benzene rings is 1. The lowest BCUT2D eigenvalue weighted by Gasteiger charge is -2.14. The maximum atomic E-state index is 13.3. The lowest BCUT2D eigenvalue weighted by Crippen LogP contribution is -2.19. The largest absolute Gasteiger partial charge is 0.318 e. The van der Waals surface area contributed by atoms with E-state index in [0.717, 1.165) is 17.4 Å². The van der Waals surface area contributed by atoms with Crippen LogP contribution in [0.5, 0.6) is 0 Å². The molecule has 2 aromatic rings. The van der Waals surface area contributed by atoms with Gasteiger partial charge < -0.3 is 5.73 Å². The summed E-state index contributed by atoms with van der Waals surface area (Å²) in [4.78, 5) is 4.17. The van der Waals surface area contributed by atoms with Crippen LogP contribution in [0.2, 0.25) is 0 Å². The van der Waals surface area contributed by atoms with Crippen LogP contribution in [0.15, 0.2) is 29.0 Å². The summed E-state index contributed by atoms with van der Waals surface area (Å²) in [6, 6.07) is 3.95. The highest BCUT2D eigenvalue weighted by Gasteiger charge is 2.18. The third kappa shape index (κ3) is 2.59. The smallest absolute Gasteiger partial charge is 0.148 e. The van der Waals surface area contributed by atoms with Crippen LogP contribution >= 0.6 is 15.9 Å². The van der Waals surface area contributed by atoms with E-state index in [1.54, 1.807) is 10.7 Å². The van der Waals surface area contributed by atoms with Crippen molar-refractivity contribution in [2.45, 2.75) is 25.9 Å². The average molecular weight is 313 g/mol. The van der Waals surface area contributed by atoms with E-state index in [-0.39, 0.29) is 5.82 Å². The van der Waals surface area contributed by atoms with E-state index in [4.69, 9.17) is 5.73 Å². The minimum Gasteiger partial charge on any atom is -0.318 e. The van der Waals surface area contributed by atoms with Crippen molar-refractivity contribution in [1.82, 2.24) is 14.8 Å². The highest BCUT2D eigenvalue weighted by atomic mass is 79.9. The Morgan fingerprint density at radius 3 is 3.00 bits per heavy atom. The zero-order chi connectivity index (χ0) is 13.1. The van der Waals surface area contributed by atoms with Gasteiger partial charge in [-0.2, -0.15) is 5.10 Å². The summed E-state index contributed by atoms with van der Waals surface area (Å²) in [5, 5.41) is 4.12. The van der Waals surface area contributed by atoms with E-state index in [0.29, 0.717) is 11.4 Å². The van der Waals surface area contributed by atoms with Crippen molar-refractivity contribution in [3.63, 3.8) is 0 Å². The minimum absolute atomic E-state index is 0.315. The van der Waals surface area contributed by atoms with Crippen LogP contribution in [-0.2, 0) is 6.54 Å². The van der Waals surface area contributed by atoms with Gasteiger partial charge >= 0.3 is 0 Å². The van der Waals surface area contributed by atoms with Gasteiger partial charge in [-0.1, -0.05) is 22.9 Å². The minimum atomic E-state index is -0.496. The normalized spacial score (nSPS) is 12.7. The molecule has 0 radical (unpaired) electrons. The second-order valence-corrected chi connectivity index (χ2v) is 4.84. The van der Waals surface area contributed by atoms with E-state index in [9.17, 15) is 4.39 Å². The molecule has 18 heavy (non-hydrogen) atoms. The van der Waals surface area contributed by atoms with Gasteiger partial charge in [0.05, 0.1) is 6.04 Å². The van der Waals surface area contributed by atoms with E-state index in [1.807, 2.05) is 0 Å². The van der Waals surface area contributed by atoms with Crippen molar-refractivity contribution >= 4 is 15.9 Å². The summed E-state index contributed by atoms with van der Waals surface area (Å²) in [6.45, 7) is 2.80. The van der Waals surface area contributed by atoms with E-state index < -0.39 is 6.04 Å². The molecule has 0 aliphatic rings. The zero-order valence-electron chi connectivity index (χ0n) is 9.98. The van der Waals surface area contributed by atoms with Gasteiger partial charge in [0.15, 0.2) is 0 Å². The first-order chi connectivity index (χ1) is 8.63. The van der Waals surface area contributed by atoms with Gasteiger partial charge in [-0.25, -0.2) is 14.1 Å². The zero-order valence-corrected chi connectivity index (χ0v) is 11.6. The second kappa shape index (κ2) is 5.58. The molecule has 1 heterocycles. The Bertz CT molecular complexity index is 541. The van der Waals surface area contributed by atoms with Gasteiger partial charge in [-0.15, -0.1) is 0 Å². The quantitative estimate of drug-likeness (QED) is 0.944. The number of rotatable bonds is 4. The molecule has 4 nitrogen and oxygen atoms in total. The standard InChI is InChI=1S/C12H14BrFN4/c1-2-5-18-12(16-7-17-18)11(15)9-6-8(14)3-4-10(9)13/h3-4,6-7,11H,2,5,15H2,1H3. The molecule has 0 aliphatic heterocycles. The van der Waals surface area contributed by atoms with Crippen molar-refractivity contribution < 1.29 is 4.39 Å². The Hall–Kier alpha value is -1.27. The molecule has 0 spiro atoms. The van der Waals surface area contributed by atoms with Gasteiger partial charge in [-0.05, 0) is 30.2 Å². The van der Waals surface area contributed by atoms with Gasteiger partial charge in [0.1, 0.15) is 18.0 Å². The fraction of sp³-hybridized carbons (Fsp3) is 0.333. The fourth-order valence-corrected chi connectivity index (χ4v) is 2.28. The van der Waals surface area contributed by atoms with Crippen molar-refractivity contribution in [3.8, 4) is 0 Å². The Balaban J connectivity index is 2.38. The molecule has 6 heteroatoms. The van der Waals surface area contributed by atoms with Crippen LogP contribution < -0.4 is 5.73 Å². The molecule has 0 fully saturated rings. The molecule has 0 bridgehead atoms. The molecule has 0 aliphatic carbocycles. The first-order valence-corrected chi connectivity index (χ1v) is 6.51. The van der Waals surface area contributed by atoms with Gasteiger partial charge in [-0.3, -0.25) is 0 Å². The Morgan fingerprint density at radius 2 is 2.28 bits per heavy atom. The van der Waals surface area contributed by atoms with E-state index in [1.165, 1.54) is 18.5 Å². The highest BCUT2D eigenvalue weighted by Crippen LogP contribution is 2.26. The van der Waals surface area contributed by atoms with Crippen molar-refractivity contribution in [1.29, 1.82) is 0 Å². The molecule has 1 aromatic carbocycles. The molecule has 2 rings (SSSR count). The molecule has 0 saturated carbocycles. The van der Waals surface area contributed by atoms with E-state index in [2.05, 4.69) is 32.9 Å². The maximum Gasteiger partial charge on any atom is 0.148 e. The van der Waals surface area contributed by atoms with Crippen LogP contribution in [0.4, 0.5) is 4.39 Å². The number of hydrogen-bond donors (Lipinski definition) is 1. The number of nitrogens with zero attached hydrogens (tertiary/aromatic N) is 3. The summed E-state index contributed by atoms with van der Waals surface area (Å²) in [7, 11) is 0. The maximum absolute atomic E-state index is 13.3. The summed E-state index contributed by atoms with van der Waals surface area (Å²) >= 11 is 3.38. The molecular weight excluding hydrogens is 299 g/mol. The third-order valence-electron chi connectivity index (χ3n) is 2.65. The molecule has 0 amide bonds. The Morgan fingerprint density at radius 1 is 1.50 bits per heavy atom. The third-order valence-corrected chi connectivity index (χ3v) is 3.37. The lowest BCUT2D eigenvalue weighted by molar-refractivity contribution is 0.550. The summed E-state index contributed by atoms with van der Waals surface area (Å²) < 4.78 is 15.8. The predicted molar refractivity (Wildman–Crippen MR) is 70.4 cm³/mol. The fourth-order valence-electron chi connectivity index (χ4n) is 1.79. The Kier molecular flexibility index (Phi) is 4.08. The number of aryl methyl sites for hydroxylation is 1. The number of halogens is 2. The number of hydrogen-bond acceptors (Lipinski definition) is 3. The van der Waals surface area contributed by atoms with Crippen LogP contribution in [0.25, 0.3) is 0 Å². The summed E-state index contributed by atoms with van der Waals surface area (Å²) in [5.74, 6) is 0.327. The van der Waals surface area contributed by atoms with Crippen molar-refractivity contribution in [2.24, 2.45) is 5.73 Å². The SMILES string of the molecule is CCCn1ncnc1C(N)c1cc(F)ccc1Br. The Labute approximate surface area is 113 Å². The summed E-state index contributed by atoms with van der Waals surface area (Å²) in [6.07, 6.45) is 2.41. The summed E-state index contributed by atoms with van der Waals surface area (Å²) in [5.41, 5.74) is 6.81. The van der Waals surface area contributed by atoms with Gasteiger partial charge in [0, 0.05) is 11.0 Å². The monoisotopic (exact) mass is 312 g/mol. The van der Waals surface area contributed by atoms with Crippen LogP contribution in [0.1, 0.15) is 30.8 Å². The van der Waals surface area contributed by atoms with Crippen molar-refractivity contribution in [3.05, 3.63) is 46.2 Å². The molecule has 1 atom stereocenters. The average Bonchev–Trinajstić information content (AvgIpc) is 2.80. The first kappa shape index (κ1) is 13.2. The molecule has 2 N–H and O–H groups in total. The number of aromatic nitrogens is 3. The highest BCUT2D eigenvalue weighted by molar-refractivity contribution is 9.10. The van der Waals surface area contributed by atoms with E-state index >= 15 is 0 Å². The molecular formula is C12H14BrFN4. The molecule has 0 saturated heterocycles. The second-order valence-electron chi connectivity index (χ2n) is 3.98. The van der Waals surface area contributed by atoms with Crippen LogP contribution in [0, 0.1) is 5.82 Å². The number of nitrogens with two attached hydrogens (primary N) is 1. The van der Waals surface area contributed by atoms with Gasteiger partial charge in [0.25, 0.3) is 0 Å². The molecule has 1 unspecified atom stereocenters. The predicted octanol–water partition coefficient (Wildman–Crippen LogP) is 2.64.